The van der Waals surface area contributed by atoms with E-state index >= 15 is 0 Å². The van der Waals surface area contributed by atoms with Gasteiger partial charge in [0.25, 0.3) is 0 Å². The fourth-order valence-corrected chi connectivity index (χ4v) is 1.93. The summed E-state index contributed by atoms with van der Waals surface area (Å²) in [5, 5.41) is 7.29. The summed E-state index contributed by atoms with van der Waals surface area (Å²) in [6.07, 6.45) is 5.19. The van der Waals surface area contributed by atoms with E-state index in [2.05, 4.69) is 20.4 Å². The molecule has 2 aromatic heterocycles. The molecular formula is C15H15FN6. The Morgan fingerprint density at radius 3 is 2.95 bits per heavy atom. The number of rotatable bonds is 4. The highest BCUT2D eigenvalue weighted by Gasteiger charge is 2.04. The lowest BCUT2D eigenvalue weighted by molar-refractivity contribution is 0.625. The first kappa shape index (κ1) is 14.0. The molecule has 0 amide bonds. The van der Waals surface area contributed by atoms with Crippen molar-refractivity contribution in [2.75, 3.05) is 11.1 Å². The van der Waals surface area contributed by atoms with E-state index < -0.39 is 0 Å². The fourth-order valence-electron chi connectivity index (χ4n) is 1.93. The van der Waals surface area contributed by atoms with Crippen LogP contribution in [0.1, 0.15) is 11.1 Å². The van der Waals surface area contributed by atoms with E-state index in [-0.39, 0.29) is 5.82 Å². The molecule has 0 spiro atoms. The molecular weight excluding hydrogens is 283 g/mol. The van der Waals surface area contributed by atoms with Crippen LogP contribution >= 0.6 is 0 Å². The molecule has 0 aliphatic heterocycles. The average molecular weight is 298 g/mol. The molecule has 3 N–H and O–H groups in total. The first-order valence-electron chi connectivity index (χ1n) is 6.74. The van der Waals surface area contributed by atoms with Gasteiger partial charge in [-0.1, -0.05) is 6.07 Å². The van der Waals surface area contributed by atoms with Gasteiger partial charge < -0.3 is 11.1 Å². The Balaban J connectivity index is 1.70. The first-order chi connectivity index (χ1) is 10.6. The van der Waals surface area contributed by atoms with Gasteiger partial charge in [0, 0.05) is 30.1 Å². The number of hydrogen-bond donors (Lipinski definition) is 2. The Morgan fingerprint density at radius 1 is 1.32 bits per heavy atom. The van der Waals surface area contributed by atoms with E-state index in [4.69, 9.17) is 5.73 Å². The lowest BCUT2D eigenvalue weighted by Crippen LogP contribution is -2.05. The predicted octanol–water partition coefficient (Wildman–Crippen LogP) is 2.30. The standard InChI is InChI=1S/C15H15FN6/c1-10-6-18-15(21-14(10)17)19-7-11-8-20-22(9-11)13-4-2-3-12(16)5-13/h2-6,8-9H,7H2,1H3,(H3,17,18,19,21). The van der Waals surface area contributed by atoms with Crippen molar-refractivity contribution >= 4 is 11.8 Å². The van der Waals surface area contributed by atoms with Gasteiger partial charge in [0.2, 0.25) is 5.95 Å². The molecule has 7 heteroatoms. The molecule has 0 aliphatic rings. The minimum Gasteiger partial charge on any atom is -0.383 e. The zero-order valence-electron chi connectivity index (χ0n) is 12.0. The molecule has 0 atom stereocenters. The molecule has 0 saturated heterocycles. The SMILES string of the molecule is Cc1cnc(NCc2cnn(-c3cccc(F)c3)c2)nc1N. The van der Waals surface area contributed by atoms with Crippen molar-refractivity contribution < 1.29 is 4.39 Å². The summed E-state index contributed by atoms with van der Waals surface area (Å²) in [6, 6.07) is 6.26. The van der Waals surface area contributed by atoms with Crippen LogP contribution in [-0.4, -0.2) is 19.7 Å². The third kappa shape index (κ3) is 3.03. The van der Waals surface area contributed by atoms with Gasteiger partial charge in [-0.05, 0) is 25.1 Å². The summed E-state index contributed by atoms with van der Waals surface area (Å²) in [7, 11) is 0. The van der Waals surface area contributed by atoms with Gasteiger partial charge in [0.1, 0.15) is 11.6 Å². The maximum absolute atomic E-state index is 13.2. The molecule has 1 aromatic carbocycles. The second-order valence-corrected chi connectivity index (χ2v) is 4.89. The minimum absolute atomic E-state index is 0.295. The molecule has 0 bridgehead atoms. The van der Waals surface area contributed by atoms with Gasteiger partial charge in [-0.25, -0.2) is 14.1 Å². The van der Waals surface area contributed by atoms with Crippen molar-refractivity contribution in [1.82, 2.24) is 19.7 Å². The summed E-state index contributed by atoms with van der Waals surface area (Å²) in [6.45, 7) is 2.35. The molecule has 3 rings (SSSR count). The fraction of sp³-hybridized carbons (Fsp3) is 0.133. The van der Waals surface area contributed by atoms with Crippen LogP contribution in [0.15, 0.2) is 42.9 Å². The molecule has 0 unspecified atom stereocenters. The van der Waals surface area contributed by atoms with Crippen molar-refractivity contribution in [3.63, 3.8) is 0 Å². The zero-order valence-corrected chi connectivity index (χ0v) is 12.0. The zero-order chi connectivity index (χ0) is 15.5. The second-order valence-electron chi connectivity index (χ2n) is 4.89. The number of nitrogens with zero attached hydrogens (tertiary/aromatic N) is 4. The van der Waals surface area contributed by atoms with E-state index in [1.54, 1.807) is 29.2 Å². The number of nitrogen functional groups attached to an aromatic ring is 1. The Kier molecular flexibility index (Phi) is 3.69. The molecule has 0 aliphatic carbocycles. The third-order valence-electron chi connectivity index (χ3n) is 3.17. The van der Waals surface area contributed by atoms with Crippen molar-refractivity contribution in [3.8, 4) is 5.69 Å². The van der Waals surface area contributed by atoms with Crippen LogP contribution in [0.25, 0.3) is 5.69 Å². The van der Waals surface area contributed by atoms with Crippen LogP contribution in [0, 0.1) is 12.7 Å². The van der Waals surface area contributed by atoms with Gasteiger partial charge in [-0.3, -0.25) is 0 Å². The van der Waals surface area contributed by atoms with Crippen LogP contribution in [0.4, 0.5) is 16.2 Å². The first-order valence-corrected chi connectivity index (χ1v) is 6.74. The third-order valence-corrected chi connectivity index (χ3v) is 3.17. The molecule has 22 heavy (non-hydrogen) atoms. The number of nitrogens with one attached hydrogen (secondary N) is 1. The monoisotopic (exact) mass is 298 g/mol. The highest BCUT2D eigenvalue weighted by Crippen LogP contribution is 2.12. The van der Waals surface area contributed by atoms with Crippen LogP contribution in [0.3, 0.4) is 0 Å². The number of halogens is 1. The smallest absolute Gasteiger partial charge is 0.224 e. The lowest BCUT2D eigenvalue weighted by atomic mass is 10.3. The summed E-state index contributed by atoms with van der Waals surface area (Å²) in [5.41, 5.74) is 8.17. The molecule has 3 aromatic rings. The van der Waals surface area contributed by atoms with Gasteiger partial charge in [0.05, 0.1) is 11.9 Å². The summed E-state index contributed by atoms with van der Waals surface area (Å²) < 4.78 is 14.8. The highest BCUT2D eigenvalue weighted by atomic mass is 19.1. The van der Waals surface area contributed by atoms with Crippen molar-refractivity contribution in [1.29, 1.82) is 0 Å². The van der Waals surface area contributed by atoms with Crippen LogP contribution in [0.5, 0.6) is 0 Å². The quantitative estimate of drug-likeness (QED) is 0.772. The van der Waals surface area contributed by atoms with E-state index in [0.717, 1.165) is 11.1 Å². The maximum Gasteiger partial charge on any atom is 0.224 e. The number of benzene rings is 1. The van der Waals surface area contributed by atoms with Crippen molar-refractivity contribution in [3.05, 3.63) is 59.8 Å². The number of aryl methyl sites for hydroxylation is 1. The van der Waals surface area contributed by atoms with Crippen LogP contribution in [0.2, 0.25) is 0 Å². The van der Waals surface area contributed by atoms with Gasteiger partial charge in [0.15, 0.2) is 0 Å². The summed E-state index contributed by atoms with van der Waals surface area (Å²) in [4.78, 5) is 8.29. The van der Waals surface area contributed by atoms with Gasteiger partial charge >= 0.3 is 0 Å². The van der Waals surface area contributed by atoms with E-state index in [0.29, 0.717) is 24.0 Å². The molecule has 6 nitrogen and oxygen atoms in total. The van der Waals surface area contributed by atoms with Gasteiger partial charge in [-0.2, -0.15) is 10.1 Å². The Hall–Kier alpha value is -2.96. The lowest BCUT2D eigenvalue weighted by Gasteiger charge is -2.05. The minimum atomic E-state index is -0.295. The van der Waals surface area contributed by atoms with Crippen LogP contribution < -0.4 is 11.1 Å². The number of nitrogens with two attached hydrogens (primary N) is 1. The highest BCUT2D eigenvalue weighted by molar-refractivity contribution is 5.42. The number of hydrogen-bond acceptors (Lipinski definition) is 5. The van der Waals surface area contributed by atoms with Crippen molar-refractivity contribution in [2.24, 2.45) is 0 Å². The Bertz CT molecular complexity index is 798. The number of aromatic nitrogens is 4. The number of anilines is 2. The normalized spacial score (nSPS) is 10.6. The largest absolute Gasteiger partial charge is 0.383 e. The molecule has 2 heterocycles. The average Bonchev–Trinajstić information content (AvgIpc) is 2.97. The molecule has 0 radical (unpaired) electrons. The van der Waals surface area contributed by atoms with E-state index in [1.165, 1.54) is 12.1 Å². The predicted molar refractivity (Wildman–Crippen MR) is 82.0 cm³/mol. The summed E-state index contributed by atoms with van der Waals surface area (Å²) in [5.74, 6) is 0.616. The maximum atomic E-state index is 13.2. The Labute approximate surface area is 126 Å². The topological polar surface area (TPSA) is 81.7 Å². The van der Waals surface area contributed by atoms with E-state index in [1.807, 2.05) is 13.1 Å². The molecule has 0 fully saturated rings. The van der Waals surface area contributed by atoms with Crippen molar-refractivity contribution in [2.45, 2.75) is 13.5 Å². The molecule has 0 saturated carbocycles. The Morgan fingerprint density at radius 2 is 2.18 bits per heavy atom. The molecule has 112 valence electrons. The van der Waals surface area contributed by atoms with E-state index in [9.17, 15) is 4.39 Å². The summed E-state index contributed by atoms with van der Waals surface area (Å²) >= 11 is 0. The van der Waals surface area contributed by atoms with Crippen LogP contribution in [-0.2, 0) is 6.54 Å². The van der Waals surface area contributed by atoms with Gasteiger partial charge in [-0.15, -0.1) is 0 Å². The second kappa shape index (κ2) is 5.80.